The number of nitrogens with zero attached hydrogens (tertiary/aromatic N) is 1. The molecule has 3 aromatic rings. The SMILES string of the molecule is CC[C@H](C)[C@H](NC(=O)[C@@]1(NC(=O)C(N(Cc2ccccc2)C(=O)O)C(C)(CC)C(F)(F)F)CCc2[nH]c3c(Cl)cc(Cl)cc3c2C1)C(N)=O. The highest BCUT2D eigenvalue weighted by atomic mass is 35.5. The topological polar surface area (TPSA) is 158 Å². The number of primary amides is 1. The van der Waals surface area contributed by atoms with Crippen molar-refractivity contribution in [2.24, 2.45) is 17.1 Å². The van der Waals surface area contributed by atoms with Crippen LogP contribution in [-0.4, -0.2) is 62.6 Å². The molecule has 49 heavy (non-hydrogen) atoms. The van der Waals surface area contributed by atoms with Gasteiger partial charge in [-0.1, -0.05) is 80.7 Å². The van der Waals surface area contributed by atoms with Crippen LogP contribution in [0.4, 0.5) is 18.0 Å². The van der Waals surface area contributed by atoms with Crippen molar-refractivity contribution in [2.75, 3.05) is 0 Å². The Bertz CT molecular complexity index is 1740. The van der Waals surface area contributed by atoms with Crippen LogP contribution < -0.4 is 16.4 Å². The highest BCUT2D eigenvalue weighted by Crippen LogP contribution is 2.46. The smallest absolute Gasteiger partial charge is 0.408 e. The minimum absolute atomic E-state index is 0.116. The van der Waals surface area contributed by atoms with Gasteiger partial charge in [-0.05, 0) is 55.4 Å². The number of nitrogens with one attached hydrogen (secondary N) is 3. The number of carbonyl (C=O) groups excluding carboxylic acids is 3. The molecule has 4 rings (SSSR count). The van der Waals surface area contributed by atoms with Crippen LogP contribution in [0, 0.1) is 11.3 Å². The Labute approximate surface area is 291 Å². The van der Waals surface area contributed by atoms with Crippen molar-refractivity contribution in [1.82, 2.24) is 20.5 Å². The standard InChI is InChI=1S/C34H40Cl2F3N5O5/c1-5-18(3)25(28(40)45)42-30(47)33(13-12-24-22(16-33)21-14-20(35)15-23(36)26(21)41-24)43-29(46)27(32(4,6-2)34(37,38)39)44(31(48)49)17-19-10-8-7-9-11-19/h7-11,14-15,18,25,27,41H,5-6,12-13,16-17H2,1-4H3,(H2,40,45)(H,42,47)(H,43,46)(H,48,49)/t18-,25-,27?,32?,33+/m0/s1. The zero-order valence-corrected chi connectivity index (χ0v) is 29.0. The van der Waals surface area contributed by atoms with E-state index in [-0.39, 0.29) is 24.3 Å². The molecule has 1 heterocycles. The van der Waals surface area contributed by atoms with Gasteiger partial charge in [0.15, 0.2) is 0 Å². The average Bonchev–Trinajstić information content (AvgIpc) is 3.40. The number of hydrogen-bond acceptors (Lipinski definition) is 4. The van der Waals surface area contributed by atoms with Gasteiger partial charge < -0.3 is 26.5 Å². The molecule has 6 N–H and O–H groups in total. The van der Waals surface area contributed by atoms with E-state index in [0.717, 1.165) is 6.92 Å². The van der Waals surface area contributed by atoms with E-state index in [1.165, 1.54) is 25.1 Å². The fraction of sp³-hybridized carbons (Fsp3) is 0.471. The monoisotopic (exact) mass is 725 g/mol. The highest BCUT2D eigenvalue weighted by Gasteiger charge is 2.61. The molecule has 0 fully saturated rings. The van der Waals surface area contributed by atoms with Gasteiger partial charge in [-0.3, -0.25) is 19.3 Å². The Morgan fingerprint density at radius 2 is 1.78 bits per heavy atom. The van der Waals surface area contributed by atoms with Crippen LogP contribution in [0.2, 0.25) is 10.0 Å². The van der Waals surface area contributed by atoms with E-state index < -0.39 is 71.9 Å². The van der Waals surface area contributed by atoms with Gasteiger partial charge in [0.2, 0.25) is 17.7 Å². The number of aryl methyl sites for hydroxylation is 1. The predicted octanol–water partition coefficient (Wildman–Crippen LogP) is 6.36. The number of carboxylic acid groups (broad SMARTS) is 1. The molecule has 2 unspecified atom stereocenters. The second-order valence-corrected chi connectivity index (χ2v) is 13.8. The number of hydrogen-bond donors (Lipinski definition) is 5. The van der Waals surface area contributed by atoms with Gasteiger partial charge in [0.1, 0.15) is 17.6 Å². The number of rotatable bonds is 12. The zero-order chi connectivity index (χ0) is 36.5. The van der Waals surface area contributed by atoms with Crippen molar-refractivity contribution in [1.29, 1.82) is 0 Å². The van der Waals surface area contributed by atoms with Crippen molar-refractivity contribution in [2.45, 2.75) is 90.1 Å². The van der Waals surface area contributed by atoms with Gasteiger partial charge in [-0.2, -0.15) is 13.2 Å². The first-order valence-corrected chi connectivity index (χ1v) is 16.7. The molecular weight excluding hydrogens is 686 g/mol. The maximum atomic E-state index is 14.9. The van der Waals surface area contributed by atoms with Crippen LogP contribution in [-0.2, 0) is 33.8 Å². The fourth-order valence-electron chi connectivity index (χ4n) is 6.51. The van der Waals surface area contributed by atoms with Gasteiger partial charge in [0.05, 0.1) is 16.0 Å². The van der Waals surface area contributed by atoms with E-state index in [1.54, 1.807) is 38.1 Å². The maximum Gasteiger partial charge on any atom is 0.408 e. The Morgan fingerprint density at radius 1 is 1.12 bits per heavy atom. The van der Waals surface area contributed by atoms with Crippen molar-refractivity contribution >= 4 is 57.9 Å². The lowest BCUT2D eigenvalue weighted by molar-refractivity contribution is -0.237. The molecule has 5 atom stereocenters. The number of alkyl halides is 3. The predicted molar refractivity (Wildman–Crippen MR) is 180 cm³/mol. The first-order valence-electron chi connectivity index (χ1n) is 15.9. The van der Waals surface area contributed by atoms with Gasteiger partial charge >= 0.3 is 12.3 Å². The third kappa shape index (κ3) is 7.47. The van der Waals surface area contributed by atoms with Gasteiger partial charge in [-0.25, -0.2) is 4.79 Å². The van der Waals surface area contributed by atoms with Crippen molar-refractivity contribution in [3.63, 3.8) is 0 Å². The number of benzene rings is 2. The van der Waals surface area contributed by atoms with Gasteiger partial charge in [0, 0.05) is 29.1 Å². The second-order valence-electron chi connectivity index (χ2n) is 12.9. The summed E-state index contributed by atoms with van der Waals surface area (Å²) >= 11 is 12.8. The van der Waals surface area contributed by atoms with Crippen LogP contribution in [0.3, 0.4) is 0 Å². The van der Waals surface area contributed by atoms with Crippen LogP contribution in [0.15, 0.2) is 42.5 Å². The number of nitrogens with two attached hydrogens (primary N) is 1. The van der Waals surface area contributed by atoms with Crippen LogP contribution in [0.25, 0.3) is 10.9 Å². The van der Waals surface area contributed by atoms with Crippen LogP contribution in [0.5, 0.6) is 0 Å². The number of aromatic nitrogens is 1. The number of halogens is 5. The largest absolute Gasteiger partial charge is 0.465 e. The number of aromatic amines is 1. The molecule has 0 spiro atoms. The van der Waals surface area contributed by atoms with Gasteiger partial charge in [-0.15, -0.1) is 0 Å². The van der Waals surface area contributed by atoms with Crippen molar-refractivity contribution in [3.8, 4) is 0 Å². The molecule has 0 bridgehead atoms. The number of fused-ring (bicyclic) bond motifs is 3. The molecule has 0 aliphatic heterocycles. The minimum atomic E-state index is -5.04. The Hall–Kier alpha value is -3.97. The summed E-state index contributed by atoms with van der Waals surface area (Å²) in [5.41, 5.74) is 2.90. The van der Waals surface area contributed by atoms with Crippen LogP contribution in [0.1, 0.15) is 63.8 Å². The van der Waals surface area contributed by atoms with E-state index in [9.17, 15) is 37.5 Å². The van der Waals surface area contributed by atoms with E-state index >= 15 is 0 Å². The summed E-state index contributed by atoms with van der Waals surface area (Å²) in [6.07, 6.45) is -7.23. The van der Waals surface area contributed by atoms with Crippen molar-refractivity contribution < 1.29 is 37.5 Å². The zero-order valence-electron chi connectivity index (χ0n) is 27.5. The number of H-pyrrole nitrogens is 1. The lowest BCUT2D eigenvalue weighted by atomic mass is 9.75. The molecule has 0 saturated heterocycles. The Morgan fingerprint density at radius 3 is 2.33 bits per heavy atom. The highest BCUT2D eigenvalue weighted by molar-refractivity contribution is 6.38. The van der Waals surface area contributed by atoms with E-state index in [1.807, 2.05) is 0 Å². The van der Waals surface area contributed by atoms with E-state index in [2.05, 4.69) is 15.6 Å². The molecule has 15 heteroatoms. The molecule has 10 nitrogen and oxygen atoms in total. The summed E-state index contributed by atoms with van der Waals surface area (Å²) in [5.74, 6) is -3.44. The minimum Gasteiger partial charge on any atom is -0.465 e. The molecule has 1 aliphatic carbocycles. The average molecular weight is 727 g/mol. The van der Waals surface area contributed by atoms with E-state index in [0.29, 0.717) is 44.1 Å². The lowest BCUT2D eigenvalue weighted by Gasteiger charge is -2.45. The molecule has 1 aliphatic rings. The van der Waals surface area contributed by atoms with Gasteiger partial charge in [0.25, 0.3) is 0 Å². The lowest BCUT2D eigenvalue weighted by Crippen LogP contribution is -2.69. The molecule has 2 aromatic carbocycles. The molecule has 266 valence electrons. The Balaban J connectivity index is 1.89. The second kappa shape index (κ2) is 14.5. The summed E-state index contributed by atoms with van der Waals surface area (Å²) in [6, 6.07) is 7.57. The first kappa shape index (κ1) is 37.8. The Kier molecular flexibility index (Phi) is 11.2. The molecule has 0 saturated carbocycles. The summed E-state index contributed by atoms with van der Waals surface area (Å²) in [5, 5.41) is 16.7. The third-order valence-electron chi connectivity index (χ3n) is 9.89. The fourth-order valence-corrected chi connectivity index (χ4v) is 7.06. The number of carbonyl (C=O) groups is 4. The third-order valence-corrected chi connectivity index (χ3v) is 10.4. The maximum absolute atomic E-state index is 14.9. The van der Waals surface area contributed by atoms with E-state index in [4.69, 9.17) is 28.9 Å². The molecule has 0 radical (unpaired) electrons. The summed E-state index contributed by atoms with van der Waals surface area (Å²) in [6.45, 7) is 4.95. The molecule has 4 amide bonds. The summed E-state index contributed by atoms with van der Waals surface area (Å²) < 4.78 is 44.8. The molecular formula is C34H40Cl2F3N5O5. The molecule has 1 aromatic heterocycles. The number of amides is 4. The summed E-state index contributed by atoms with van der Waals surface area (Å²) in [4.78, 5) is 57.8. The summed E-state index contributed by atoms with van der Waals surface area (Å²) in [7, 11) is 0. The first-order chi connectivity index (χ1) is 22.9. The quantitative estimate of drug-likeness (QED) is 0.147. The normalized spacial score (nSPS) is 19.2. The van der Waals surface area contributed by atoms with Crippen molar-refractivity contribution in [3.05, 3.63) is 69.3 Å². The van der Waals surface area contributed by atoms with Crippen LogP contribution >= 0.6 is 23.2 Å².